The number of unbranched alkanes of at least 4 members (excludes halogenated alkanes) is 13. The molecule has 1 aliphatic rings. The molecule has 6 heteroatoms. The van der Waals surface area contributed by atoms with Crippen LogP contribution in [0.15, 0.2) is 0 Å². The van der Waals surface area contributed by atoms with Crippen LogP contribution in [0.5, 0.6) is 0 Å². The highest BCUT2D eigenvalue weighted by Crippen LogP contribution is 2.24. The van der Waals surface area contributed by atoms with Crippen LogP contribution in [0.1, 0.15) is 96.8 Å². The molecule has 0 aromatic heterocycles. The van der Waals surface area contributed by atoms with E-state index in [1.54, 1.807) is 0 Å². The zero-order valence-corrected chi connectivity index (χ0v) is 17.9. The molecule has 6 nitrogen and oxygen atoms in total. The normalized spacial score (nSPS) is 28.0. The number of aliphatic hydroxyl groups excluding tert-OH is 3. The third-order valence-electron chi connectivity index (χ3n) is 5.64. The van der Waals surface area contributed by atoms with Gasteiger partial charge in [-0.05, 0) is 6.42 Å². The monoisotopic (exact) mass is 404 g/mol. The molecule has 1 rings (SSSR count). The molecule has 1 aliphatic heterocycles. The van der Waals surface area contributed by atoms with E-state index >= 15 is 0 Å². The van der Waals surface area contributed by atoms with Gasteiger partial charge in [-0.15, -0.1) is 0 Å². The minimum atomic E-state index is -1.95. The lowest BCUT2D eigenvalue weighted by Gasteiger charge is -2.41. The summed E-state index contributed by atoms with van der Waals surface area (Å²) in [6, 6.07) is 0. The number of ether oxygens (including phenoxy) is 2. The minimum Gasteiger partial charge on any atom is -0.388 e. The van der Waals surface area contributed by atoms with E-state index in [0.717, 1.165) is 12.8 Å². The smallest absolute Gasteiger partial charge is 0.219 e. The van der Waals surface area contributed by atoms with E-state index in [-0.39, 0.29) is 13.2 Å². The summed E-state index contributed by atoms with van der Waals surface area (Å²) < 4.78 is 10.5. The molecule has 0 bridgehead atoms. The molecule has 28 heavy (non-hydrogen) atoms. The number of hydrogen-bond donors (Lipinski definition) is 4. The van der Waals surface area contributed by atoms with Crippen molar-refractivity contribution in [3.8, 4) is 0 Å². The molecule has 0 aliphatic carbocycles. The van der Waals surface area contributed by atoms with Crippen molar-refractivity contribution in [3.05, 3.63) is 0 Å². The van der Waals surface area contributed by atoms with Crippen molar-refractivity contribution in [1.82, 2.24) is 0 Å². The summed E-state index contributed by atoms with van der Waals surface area (Å²) in [6.07, 6.45) is 13.9. The Kier molecular flexibility index (Phi) is 14.4. The Morgan fingerprint density at radius 1 is 0.786 bits per heavy atom. The maximum Gasteiger partial charge on any atom is 0.219 e. The van der Waals surface area contributed by atoms with Gasteiger partial charge in [-0.1, -0.05) is 90.4 Å². The van der Waals surface area contributed by atoms with Crippen molar-refractivity contribution in [2.24, 2.45) is 0 Å². The van der Waals surface area contributed by atoms with Crippen LogP contribution in [-0.2, 0) is 9.47 Å². The number of rotatable bonds is 17. The summed E-state index contributed by atoms with van der Waals surface area (Å²) in [5.74, 6) is -1.95. The fraction of sp³-hybridized carbons (Fsp3) is 1.00. The molecule has 1 heterocycles. The van der Waals surface area contributed by atoms with Crippen molar-refractivity contribution in [1.29, 1.82) is 0 Å². The van der Waals surface area contributed by atoms with E-state index < -0.39 is 24.1 Å². The Morgan fingerprint density at radius 3 is 1.75 bits per heavy atom. The average molecular weight is 405 g/mol. The SMILES string of the molecule is CCCCCCCCCCCCCCCCOC[C@@]1(O)OC[C@@H](O)[C@@H](O)[C@@H]1O. The van der Waals surface area contributed by atoms with Crippen LogP contribution in [0.3, 0.4) is 0 Å². The average Bonchev–Trinajstić information content (AvgIpc) is 2.69. The summed E-state index contributed by atoms with van der Waals surface area (Å²) in [5.41, 5.74) is 0. The summed E-state index contributed by atoms with van der Waals surface area (Å²) in [4.78, 5) is 0. The zero-order valence-electron chi connectivity index (χ0n) is 17.9. The second kappa shape index (κ2) is 15.6. The molecule has 0 amide bonds. The lowest BCUT2D eigenvalue weighted by molar-refractivity contribution is -0.335. The molecule has 4 N–H and O–H groups in total. The second-order valence-corrected chi connectivity index (χ2v) is 8.31. The molecule has 1 fully saturated rings. The van der Waals surface area contributed by atoms with Crippen LogP contribution in [0.2, 0.25) is 0 Å². The van der Waals surface area contributed by atoms with Crippen LogP contribution in [0.25, 0.3) is 0 Å². The van der Waals surface area contributed by atoms with Crippen LogP contribution in [0, 0.1) is 0 Å². The molecule has 0 radical (unpaired) electrons. The van der Waals surface area contributed by atoms with E-state index in [2.05, 4.69) is 6.92 Å². The van der Waals surface area contributed by atoms with Gasteiger partial charge in [0.25, 0.3) is 0 Å². The first kappa shape index (κ1) is 25.8. The standard InChI is InChI=1S/C22H44O6/c1-2-3-4-5-6-7-8-9-10-11-12-13-14-15-16-27-18-22(26)21(25)20(24)19(23)17-28-22/h19-21,23-26H,2-18H2,1H3/t19-,20-,21+,22-/m1/s1. The third kappa shape index (κ3) is 10.5. The quantitative estimate of drug-likeness (QED) is 0.278. The minimum absolute atomic E-state index is 0.212. The lowest BCUT2D eigenvalue weighted by Crippen LogP contribution is -2.62. The van der Waals surface area contributed by atoms with Gasteiger partial charge >= 0.3 is 0 Å². The molecule has 0 spiro atoms. The molecule has 0 unspecified atom stereocenters. The predicted octanol–water partition coefficient (Wildman–Crippen LogP) is 3.29. The Morgan fingerprint density at radius 2 is 1.25 bits per heavy atom. The van der Waals surface area contributed by atoms with E-state index in [1.165, 1.54) is 77.0 Å². The fourth-order valence-corrected chi connectivity index (χ4v) is 3.64. The summed E-state index contributed by atoms with van der Waals surface area (Å²) in [7, 11) is 0. The van der Waals surface area contributed by atoms with Gasteiger partial charge < -0.3 is 29.9 Å². The first-order valence-corrected chi connectivity index (χ1v) is 11.5. The van der Waals surface area contributed by atoms with Crippen molar-refractivity contribution >= 4 is 0 Å². The molecule has 1 saturated heterocycles. The molecular formula is C22H44O6. The summed E-state index contributed by atoms with van der Waals surface area (Å²) in [5, 5.41) is 39.0. The van der Waals surface area contributed by atoms with Gasteiger partial charge in [-0.25, -0.2) is 0 Å². The lowest BCUT2D eigenvalue weighted by atomic mass is 9.97. The zero-order chi connectivity index (χ0) is 20.7. The molecule has 0 aromatic carbocycles. The van der Waals surface area contributed by atoms with Gasteiger partial charge in [0.15, 0.2) is 0 Å². The Hall–Kier alpha value is -0.240. The van der Waals surface area contributed by atoms with Gasteiger partial charge in [-0.2, -0.15) is 0 Å². The van der Waals surface area contributed by atoms with Crippen LogP contribution in [-0.4, -0.2) is 64.3 Å². The van der Waals surface area contributed by atoms with Crippen LogP contribution in [0.4, 0.5) is 0 Å². The third-order valence-corrected chi connectivity index (χ3v) is 5.64. The molecule has 4 atom stereocenters. The molecule has 0 saturated carbocycles. The van der Waals surface area contributed by atoms with Crippen LogP contribution >= 0.6 is 0 Å². The van der Waals surface area contributed by atoms with Gasteiger partial charge in [0.05, 0.1) is 6.61 Å². The van der Waals surface area contributed by atoms with Gasteiger partial charge in [0.1, 0.15) is 24.9 Å². The van der Waals surface area contributed by atoms with Gasteiger partial charge in [-0.3, -0.25) is 0 Å². The number of hydrogen-bond acceptors (Lipinski definition) is 6. The van der Waals surface area contributed by atoms with Gasteiger partial charge in [0, 0.05) is 6.61 Å². The van der Waals surface area contributed by atoms with E-state index in [1.807, 2.05) is 0 Å². The predicted molar refractivity (Wildman–Crippen MR) is 110 cm³/mol. The highest BCUT2D eigenvalue weighted by Gasteiger charge is 2.48. The topological polar surface area (TPSA) is 99.4 Å². The van der Waals surface area contributed by atoms with E-state index in [4.69, 9.17) is 9.47 Å². The van der Waals surface area contributed by atoms with Crippen molar-refractivity contribution in [2.75, 3.05) is 19.8 Å². The fourth-order valence-electron chi connectivity index (χ4n) is 3.64. The Bertz CT molecular complexity index is 367. The molecular weight excluding hydrogens is 360 g/mol. The molecule has 168 valence electrons. The van der Waals surface area contributed by atoms with Crippen LogP contribution < -0.4 is 0 Å². The molecule has 0 aromatic rings. The van der Waals surface area contributed by atoms with Crippen molar-refractivity contribution in [2.45, 2.75) is 121 Å². The van der Waals surface area contributed by atoms with Crippen molar-refractivity contribution < 1.29 is 29.9 Å². The highest BCUT2D eigenvalue weighted by atomic mass is 16.7. The van der Waals surface area contributed by atoms with E-state index in [9.17, 15) is 20.4 Å². The summed E-state index contributed by atoms with van der Waals surface area (Å²) >= 11 is 0. The maximum atomic E-state index is 10.2. The summed E-state index contributed by atoms with van der Waals surface area (Å²) in [6.45, 7) is 2.30. The Balaban J connectivity index is 1.86. The van der Waals surface area contributed by atoms with Gasteiger partial charge in [0.2, 0.25) is 5.79 Å². The highest BCUT2D eigenvalue weighted by molar-refractivity contribution is 4.91. The first-order chi connectivity index (χ1) is 13.5. The van der Waals surface area contributed by atoms with Crippen molar-refractivity contribution in [3.63, 3.8) is 0 Å². The Labute approximate surface area is 171 Å². The second-order valence-electron chi connectivity index (χ2n) is 8.31. The van der Waals surface area contributed by atoms with E-state index in [0.29, 0.717) is 6.61 Å². The first-order valence-electron chi connectivity index (χ1n) is 11.5. The maximum absolute atomic E-state index is 10.2. The number of aliphatic hydroxyl groups is 4. The largest absolute Gasteiger partial charge is 0.388 e.